The summed E-state index contributed by atoms with van der Waals surface area (Å²) in [6, 6.07) is 1.68. The molecule has 0 saturated heterocycles. The molecule has 0 bridgehead atoms. The van der Waals surface area contributed by atoms with E-state index in [4.69, 9.17) is 0 Å². The molecule has 0 radical (unpaired) electrons. The third-order valence-electron chi connectivity index (χ3n) is 3.01. The van der Waals surface area contributed by atoms with Crippen LogP contribution in [0.15, 0.2) is 17.2 Å². The van der Waals surface area contributed by atoms with Gasteiger partial charge in [-0.3, -0.25) is 0 Å². The minimum absolute atomic E-state index is 0.116. The van der Waals surface area contributed by atoms with Gasteiger partial charge in [0.2, 0.25) is 10.0 Å². The van der Waals surface area contributed by atoms with Gasteiger partial charge in [-0.25, -0.2) is 13.1 Å². The second-order valence-electron chi connectivity index (χ2n) is 5.33. The Kier molecular flexibility index (Phi) is 6.57. The SMILES string of the molecule is CCCNCc1cc(S(=O)(=O)NCC(C)(C)SC)c[nH]1. The van der Waals surface area contributed by atoms with E-state index in [0.29, 0.717) is 18.0 Å². The van der Waals surface area contributed by atoms with Crippen LogP contribution in [-0.2, 0) is 16.6 Å². The predicted molar refractivity (Wildman–Crippen MR) is 85.6 cm³/mol. The monoisotopic (exact) mass is 319 g/mol. The summed E-state index contributed by atoms with van der Waals surface area (Å²) < 4.78 is 26.9. The number of nitrogens with one attached hydrogen (secondary N) is 3. The fourth-order valence-electron chi connectivity index (χ4n) is 1.50. The second-order valence-corrected chi connectivity index (χ2v) is 8.61. The van der Waals surface area contributed by atoms with E-state index in [1.165, 1.54) is 6.20 Å². The van der Waals surface area contributed by atoms with Crippen LogP contribution in [-0.4, -0.2) is 37.5 Å². The van der Waals surface area contributed by atoms with E-state index in [1.54, 1.807) is 17.8 Å². The number of rotatable bonds is 9. The summed E-state index contributed by atoms with van der Waals surface area (Å²) >= 11 is 1.64. The zero-order valence-corrected chi connectivity index (χ0v) is 14.2. The van der Waals surface area contributed by atoms with Crippen LogP contribution in [0.5, 0.6) is 0 Å². The Balaban J connectivity index is 2.64. The van der Waals surface area contributed by atoms with Crippen LogP contribution in [0.3, 0.4) is 0 Å². The average Bonchev–Trinajstić information content (AvgIpc) is 2.87. The van der Waals surface area contributed by atoms with Gasteiger partial charge in [0, 0.05) is 29.7 Å². The highest BCUT2D eigenvalue weighted by atomic mass is 32.2. The van der Waals surface area contributed by atoms with Crippen LogP contribution >= 0.6 is 11.8 Å². The van der Waals surface area contributed by atoms with Gasteiger partial charge in [0.15, 0.2) is 0 Å². The van der Waals surface area contributed by atoms with Gasteiger partial charge >= 0.3 is 0 Å². The van der Waals surface area contributed by atoms with Crippen LogP contribution in [0, 0.1) is 0 Å². The summed E-state index contributed by atoms with van der Waals surface area (Å²) in [6.45, 7) is 8.09. The molecule has 1 rings (SSSR count). The van der Waals surface area contributed by atoms with E-state index in [0.717, 1.165) is 18.7 Å². The Morgan fingerprint density at radius 1 is 1.40 bits per heavy atom. The van der Waals surface area contributed by atoms with Crippen molar-refractivity contribution in [3.05, 3.63) is 18.0 Å². The molecule has 0 aliphatic rings. The topological polar surface area (TPSA) is 74.0 Å². The molecule has 7 heteroatoms. The van der Waals surface area contributed by atoms with Gasteiger partial charge in [0.05, 0.1) is 4.90 Å². The van der Waals surface area contributed by atoms with E-state index in [2.05, 4.69) is 21.9 Å². The largest absolute Gasteiger partial charge is 0.363 e. The molecule has 1 aromatic rings. The highest BCUT2D eigenvalue weighted by molar-refractivity contribution is 8.00. The molecule has 0 aliphatic carbocycles. The van der Waals surface area contributed by atoms with Gasteiger partial charge in [-0.15, -0.1) is 0 Å². The summed E-state index contributed by atoms with van der Waals surface area (Å²) in [5.74, 6) is 0. The van der Waals surface area contributed by atoms with Crippen LogP contribution in [0.25, 0.3) is 0 Å². The van der Waals surface area contributed by atoms with Crippen molar-refractivity contribution in [1.82, 2.24) is 15.0 Å². The van der Waals surface area contributed by atoms with E-state index in [9.17, 15) is 8.42 Å². The maximum atomic E-state index is 12.2. The van der Waals surface area contributed by atoms with Crippen LogP contribution in [0.2, 0.25) is 0 Å². The normalized spacial score (nSPS) is 12.8. The Labute approximate surface area is 126 Å². The summed E-state index contributed by atoms with van der Waals surface area (Å²) in [7, 11) is -3.44. The Bertz CT molecular complexity index is 509. The first-order valence-corrected chi connectivity index (χ1v) is 9.44. The smallest absolute Gasteiger partial charge is 0.242 e. The number of aromatic nitrogens is 1. The first-order chi connectivity index (χ1) is 9.30. The van der Waals surface area contributed by atoms with Crippen molar-refractivity contribution in [2.24, 2.45) is 0 Å². The minimum atomic E-state index is -3.44. The van der Waals surface area contributed by atoms with Crippen molar-refractivity contribution < 1.29 is 8.42 Å². The molecule has 5 nitrogen and oxygen atoms in total. The molecule has 0 atom stereocenters. The zero-order chi connectivity index (χ0) is 15.2. The summed E-state index contributed by atoms with van der Waals surface area (Å²) in [5, 5.41) is 3.23. The number of hydrogen-bond donors (Lipinski definition) is 3. The number of hydrogen-bond acceptors (Lipinski definition) is 4. The fraction of sp³-hybridized carbons (Fsp3) is 0.692. The van der Waals surface area contributed by atoms with Gasteiger partial charge < -0.3 is 10.3 Å². The Morgan fingerprint density at radius 2 is 2.10 bits per heavy atom. The van der Waals surface area contributed by atoms with E-state index in [-0.39, 0.29) is 4.75 Å². The maximum absolute atomic E-state index is 12.2. The van der Waals surface area contributed by atoms with Crippen LogP contribution < -0.4 is 10.0 Å². The fourth-order valence-corrected chi connectivity index (χ4v) is 3.04. The number of aromatic amines is 1. The van der Waals surface area contributed by atoms with Crippen molar-refractivity contribution in [2.75, 3.05) is 19.3 Å². The van der Waals surface area contributed by atoms with Gasteiger partial charge in [0.1, 0.15) is 0 Å². The number of sulfonamides is 1. The highest BCUT2D eigenvalue weighted by Gasteiger charge is 2.22. The molecule has 0 saturated carbocycles. The Morgan fingerprint density at radius 3 is 2.70 bits per heavy atom. The number of thioether (sulfide) groups is 1. The van der Waals surface area contributed by atoms with Crippen LogP contribution in [0.1, 0.15) is 32.9 Å². The first-order valence-electron chi connectivity index (χ1n) is 6.73. The lowest BCUT2D eigenvalue weighted by atomic mass is 10.2. The van der Waals surface area contributed by atoms with Crippen molar-refractivity contribution >= 4 is 21.8 Å². The third-order valence-corrected chi connectivity index (χ3v) is 5.64. The van der Waals surface area contributed by atoms with E-state index in [1.807, 2.05) is 20.1 Å². The molecular weight excluding hydrogens is 294 g/mol. The van der Waals surface area contributed by atoms with Crippen molar-refractivity contribution in [3.63, 3.8) is 0 Å². The van der Waals surface area contributed by atoms with Crippen molar-refractivity contribution in [3.8, 4) is 0 Å². The summed E-state index contributed by atoms with van der Waals surface area (Å²) in [4.78, 5) is 3.29. The summed E-state index contributed by atoms with van der Waals surface area (Å²) in [5.41, 5.74) is 0.878. The first kappa shape index (κ1) is 17.6. The van der Waals surface area contributed by atoms with Gasteiger partial charge in [-0.2, -0.15) is 11.8 Å². The molecule has 1 heterocycles. The number of H-pyrrole nitrogens is 1. The van der Waals surface area contributed by atoms with Crippen molar-refractivity contribution in [2.45, 2.75) is 43.4 Å². The second kappa shape index (κ2) is 7.49. The van der Waals surface area contributed by atoms with E-state index >= 15 is 0 Å². The Hall–Kier alpha value is -0.500. The molecule has 0 fully saturated rings. The van der Waals surface area contributed by atoms with Crippen LogP contribution in [0.4, 0.5) is 0 Å². The van der Waals surface area contributed by atoms with Crippen molar-refractivity contribution in [1.29, 1.82) is 0 Å². The lowest BCUT2D eigenvalue weighted by Gasteiger charge is -2.21. The molecule has 116 valence electrons. The summed E-state index contributed by atoms with van der Waals surface area (Å²) in [6.07, 6.45) is 4.57. The predicted octanol–water partition coefficient (Wildman–Crippen LogP) is 1.93. The van der Waals surface area contributed by atoms with Gasteiger partial charge in [-0.1, -0.05) is 6.92 Å². The minimum Gasteiger partial charge on any atom is -0.363 e. The lowest BCUT2D eigenvalue weighted by Crippen LogP contribution is -2.35. The lowest BCUT2D eigenvalue weighted by molar-refractivity contribution is 0.571. The molecule has 0 spiro atoms. The standard InChI is InChI=1S/C13H25N3O2S2/c1-5-6-14-8-11-7-12(9-15-11)20(17,18)16-10-13(2,3)19-4/h7,9,14-16H,5-6,8,10H2,1-4H3. The molecule has 0 aromatic carbocycles. The molecule has 3 N–H and O–H groups in total. The molecule has 0 unspecified atom stereocenters. The molecule has 0 amide bonds. The molecule has 20 heavy (non-hydrogen) atoms. The average molecular weight is 319 g/mol. The van der Waals surface area contributed by atoms with Gasteiger partial charge in [0.25, 0.3) is 0 Å². The molecule has 1 aromatic heterocycles. The quantitative estimate of drug-likeness (QED) is 0.608. The zero-order valence-electron chi connectivity index (χ0n) is 12.6. The third kappa shape index (κ3) is 5.47. The highest BCUT2D eigenvalue weighted by Crippen LogP contribution is 2.21. The molecule has 0 aliphatic heterocycles. The molecular formula is C13H25N3O2S2. The van der Waals surface area contributed by atoms with E-state index < -0.39 is 10.0 Å². The maximum Gasteiger partial charge on any atom is 0.242 e. The van der Waals surface area contributed by atoms with Gasteiger partial charge in [-0.05, 0) is 39.1 Å².